The Morgan fingerprint density at radius 3 is 2.56 bits per heavy atom. The topological polar surface area (TPSA) is 70.4 Å². The lowest BCUT2D eigenvalue weighted by Crippen LogP contribution is -2.41. The van der Waals surface area contributed by atoms with E-state index in [1.807, 2.05) is 30.3 Å². The first kappa shape index (κ1) is 16.7. The second-order valence-corrected chi connectivity index (χ2v) is 5.98. The zero-order valence-corrected chi connectivity index (χ0v) is 13.7. The van der Waals surface area contributed by atoms with Gasteiger partial charge in [0.2, 0.25) is 0 Å². The van der Waals surface area contributed by atoms with Crippen molar-refractivity contribution in [3.05, 3.63) is 71.3 Å². The number of carbonyl (C=O) groups is 2. The predicted molar refractivity (Wildman–Crippen MR) is 91.5 cm³/mol. The van der Waals surface area contributed by atoms with Gasteiger partial charge in [-0.25, -0.2) is 4.79 Å². The molecule has 25 heavy (non-hydrogen) atoms. The maximum Gasteiger partial charge on any atom is 0.410 e. The van der Waals surface area contributed by atoms with Crippen LogP contribution in [0, 0.1) is 11.3 Å². The molecule has 1 fully saturated rings. The van der Waals surface area contributed by atoms with Crippen molar-refractivity contribution in [1.29, 1.82) is 5.26 Å². The van der Waals surface area contributed by atoms with E-state index in [2.05, 4.69) is 6.07 Å². The number of likely N-dealkylation sites (tertiary alicyclic amines) is 1. The monoisotopic (exact) mass is 334 g/mol. The van der Waals surface area contributed by atoms with E-state index in [1.54, 1.807) is 29.2 Å². The highest BCUT2D eigenvalue weighted by Crippen LogP contribution is 2.30. The minimum Gasteiger partial charge on any atom is -0.445 e. The van der Waals surface area contributed by atoms with Gasteiger partial charge < -0.3 is 9.64 Å². The van der Waals surface area contributed by atoms with Gasteiger partial charge in [0.1, 0.15) is 12.4 Å². The Morgan fingerprint density at radius 2 is 1.88 bits per heavy atom. The third-order valence-electron chi connectivity index (χ3n) is 4.29. The molecule has 5 heteroatoms. The van der Waals surface area contributed by atoms with Crippen LogP contribution < -0.4 is 0 Å². The number of rotatable bonds is 3. The molecule has 1 atom stereocenters. The van der Waals surface area contributed by atoms with Crippen LogP contribution in [-0.4, -0.2) is 23.3 Å². The SMILES string of the molecule is N#Cc1ccc(C2CC(=O)CCN2C(=O)OCc2ccccc2)cc1. The van der Waals surface area contributed by atoms with E-state index in [0.717, 1.165) is 11.1 Å². The number of ether oxygens (including phenoxy) is 1. The largest absolute Gasteiger partial charge is 0.445 e. The summed E-state index contributed by atoms with van der Waals surface area (Å²) < 4.78 is 5.42. The molecule has 0 bridgehead atoms. The number of ketones is 1. The van der Waals surface area contributed by atoms with Gasteiger partial charge in [-0.05, 0) is 23.3 Å². The Hall–Kier alpha value is -3.13. The molecule has 2 aromatic rings. The summed E-state index contributed by atoms with van der Waals surface area (Å²) in [6.45, 7) is 0.543. The maximum absolute atomic E-state index is 12.5. The normalized spacial score (nSPS) is 17.0. The molecule has 1 heterocycles. The van der Waals surface area contributed by atoms with E-state index in [9.17, 15) is 9.59 Å². The Labute approximate surface area is 146 Å². The molecule has 0 aliphatic carbocycles. The van der Waals surface area contributed by atoms with Crippen LogP contribution in [0.3, 0.4) is 0 Å². The molecule has 0 saturated carbocycles. The van der Waals surface area contributed by atoms with Crippen LogP contribution in [0.5, 0.6) is 0 Å². The number of hydrogen-bond acceptors (Lipinski definition) is 4. The number of piperidine rings is 1. The molecule has 0 spiro atoms. The standard InChI is InChI=1S/C20H18N2O3/c21-13-15-6-8-17(9-7-15)19-12-18(23)10-11-22(19)20(24)25-14-16-4-2-1-3-5-16/h1-9,19H,10-12,14H2. The Bertz CT molecular complexity index is 794. The van der Waals surface area contributed by atoms with Gasteiger partial charge in [-0.3, -0.25) is 4.79 Å². The Balaban J connectivity index is 1.73. The first-order valence-electron chi connectivity index (χ1n) is 8.16. The summed E-state index contributed by atoms with van der Waals surface area (Å²) in [4.78, 5) is 26.0. The molecule has 2 aromatic carbocycles. The first-order valence-corrected chi connectivity index (χ1v) is 8.16. The molecule has 0 radical (unpaired) electrons. The molecule has 5 nitrogen and oxygen atoms in total. The maximum atomic E-state index is 12.5. The molecular weight excluding hydrogens is 316 g/mol. The van der Waals surface area contributed by atoms with Crippen molar-refractivity contribution in [3.63, 3.8) is 0 Å². The number of nitriles is 1. The fourth-order valence-electron chi connectivity index (χ4n) is 2.93. The van der Waals surface area contributed by atoms with E-state index < -0.39 is 6.09 Å². The van der Waals surface area contributed by atoms with Gasteiger partial charge in [-0.2, -0.15) is 5.26 Å². The van der Waals surface area contributed by atoms with E-state index in [1.165, 1.54) is 0 Å². The van der Waals surface area contributed by atoms with Gasteiger partial charge in [-0.15, -0.1) is 0 Å². The van der Waals surface area contributed by atoms with Crippen LogP contribution in [0.4, 0.5) is 4.79 Å². The first-order chi connectivity index (χ1) is 12.2. The minimum absolute atomic E-state index is 0.126. The van der Waals surface area contributed by atoms with Gasteiger partial charge in [0.05, 0.1) is 17.7 Å². The summed E-state index contributed by atoms with van der Waals surface area (Å²) in [5, 5.41) is 8.91. The van der Waals surface area contributed by atoms with E-state index >= 15 is 0 Å². The Kier molecular flexibility index (Phi) is 5.10. The second-order valence-electron chi connectivity index (χ2n) is 5.98. The number of carbonyl (C=O) groups excluding carboxylic acids is 2. The number of nitrogens with zero attached hydrogens (tertiary/aromatic N) is 2. The lowest BCUT2D eigenvalue weighted by Gasteiger charge is -2.34. The number of Topliss-reactive ketones (excluding diaryl/α,β-unsaturated/α-hetero) is 1. The quantitative estimate of drug-likeness (QED) is 0.860. The third kappa shape index (κ3) is 4.04. The van der Waals surface area contributed by atoms with Crippen LogP contribution in [0.2, 0.25) is 0 Å². The summed E-state index contributed by atoms with van der Waals surface area (Å²) in [6, 6.07) is 18.2. The number of hydrogen-bond donors (Lipinski definition) is 0. The molecule has 3 rings (SSSR count). The highest BCUT2D eigenvalue weighted by molar-refractivity contribution is 5.82. The van der Waals surface area contributed by atoms with Gasteiger partial charge in [0, 0.05) is 19.4 Å². The lowest BCUT2D eigenvalue weighted by atomic mass is 9.94. The fraction of sp³-hybridized carbons (Fsp3) is 0.250. The van der Waals surface area contributed by atoms with Crippen LogP contribution in [0.1, 0.15) is 35.6 Å². The van der Waals surface area contributed by atoms with E-state index in [0.29, 0.717) is 18.5 Å². The van der Waals surface area contributed by atoms with Gasteiger partial charge in [0.15, 0.2) is 0 Å². The molecule has 1 saturated heterocycles. The predicted octanol–water partition coefficient (Wildman–Crippen LogP) is 3.60. The molecule has 126 valence electrons. The average molecular weight is 334 g/mol. The number of benzene rings is 2. The summed E-state index contributed by atoms with van der Waals surface area (Å²) in [5.41, 5.74) is 2.30. The van der Waals surface area contributed by atoms with Crippen LogP contribution in [0.15, 0.2) is 54.6 Å². The van der Waals surface area contributed by atoms with Crippen LogP contribution >= 0.6 is 0 Å². The lowest BCUT2D eigenvalue weighted by molar-refractivity contribution is -0.122. The van der Waals surface area contributed by atoms with Crippen LogP contribution in [-0.2, 0) is 16.1 Å². The van der Waals surface area contributed by atoms with Crippen molar-refractivity contribution in [2.75, 3.05) is 6.54 Å². The van der Waals surface area contributed by atoms with Crippen molar-refractivity contribution in [1.82, 2.24) is 4.90 Å². The fourth-order valence-corrected chi connectivity index (χ4v) is 2.93. The third-order valence-corrected chi connectivity index (χ3v) is 4.29. The summed E-state index contributed by atoms with van der Waals surface area (Å²) in [7, 11) is 0. The van der Waals surface area contributed by atoms with Crippen molar-refractivity contribution < 1.29 is 14.3 Å². The zero-order chi connectivity index (χ0) is 17.6. The van der Waals surface area contributed by atoms with Crippen molar-refractivity contribution >= 4 is 11.9 Å². The highest BCUT2D eigenvalue weighted by Gasteiger charge is 2.32. The van der Waals surface area contributed by atoms with Crippen molar-refractivity contribution in [2.45, 2.75) is 25.5 Å². The zero-order valence-electron chi connectivity index (χ0n) is 13.7. The highest BCUT2D eigenvalue weighted by atomic mass is 16.6. The molecule has 1 aliphatic heterocycles. The molecular formula is C20H18N2O3. The molecule has 1 unspecified atom stereocenters. The van der Waals surface area contributed by atoms with Gasteiger partial charge in [0.25, 0.3) is 0 Å². The second kappa shape index (κ2) is 7.63. The summed E-state index contributed by atoms with van der Waals surface area (Å²) in [6.07, 6.45) is 0.185. The average Bonchev–Trinajstić information content (AvgIpc) is 2.67. The smallest absolute Gasteiger partial charge is 0.410 e. The molecule has 0 N–H and O–H groups in total. The molecule has 1 amide bonds. The van der Waals surface area contributed by atoms with E-state index in [-0.39, 0.29) is 24.9 Å². The van der Waals surface area contributed by atoms with E-state index in [4.69, 9.17) is 10.00 Å². The Morgan fingerprint density at radius 1 is 1.16 bits per heavy atom. The van der Waals surface area contributed by atoms with Gasteiger partial charge >= 0.3 is 6.09 Å². The number of amides is 1. The van der Waals surface area contributed by atoms with Crippen molar-refractivity contribution in [2.24, 2.45) is 0 Å². The van der Waals surface area contributed by atoms with Crippen molar-refractivity contribution in [3.8, 4) is 6.07 Å². The molecule has 1 aliphatic rings. The minimum atomic E-state index is -0.425. The summed E-state index contributed by atoms with van der Waals surface area (Å²) >= 11 is 0. The van der Waals surface area contributed by atoms with Gasteiger partial charge in [-0.1, -0.05) is 42.5 Å². The molecule has 0 aromatic heterocycles. The van der Waals surface area contributed by atoms with Crippen LogP contribution in [0.25, 0.3) is 0 Å². The summed E-state index contributed by atoms with van der Waals surface area (Å²) in [5.74, 6) is 0.126.